The van der Waals surface area contributed by atoms with Crippen LogP contribution < -0.4 is 0 Å². The average molecular weight is 274 g/mol. The van der Waals surface area contributed by atoms with Crippen LogP contribution in [0, 0.1) is 11.7 Å². The lowest BCUT2D eigenvalue weighted by molar-refractivity contribution is -0.128. The molecule has 2 rings (SSSR count). The van der Waals surface area contributed by atoms with Gasteiger partial charge in [-0.3, -0.25) is 4.79 Å². The average Bonchev–Trinajstić information content (AvgIpc) is 2.66. The molecular formula is C12H13ClFNOS. The second-order valence-corrected chi connectivity index (χ2v) is 5.01. The second kappa shape index (κ2) is 5.27. The number of nitrogens with zero attached hydrogens (tertiary/aromatic N) is 1. The highest BCUT2D eigenvalue weighted by molar-refractivity contribution is 7.80. The van der Waals surface area contributed by atoms with Crippen molar-refractivity contribution in [3.63, 3.8) is 0 Å². The molecule has 0 N–H and O–H groups in total. The molecule has 1 heterocycles. The summed E-state index contributed by atoms with van der Waals surface area (Å²) in [5.74, 6) is 0.577. The van der Waals surface area contributed by atoms with Gasteiger partial charge in [0.15, 0.2) is 0 Å². The van der Waals surface area contributed by atoms with E-state index in [2.05, 4.69) is 12.6 Å². The predicted octanol–water partition coefficient (Wildman–Crippen LogP) is 2.76. The smallest absolute Gasteiger partial charge is 0.223 e. The zero-order valence-corrected chi connectivity index (χ0v) is 10.8. The zero-order chi connectivity index (χ0) is 12.4. The van der Waals surface area contributed by atoms with Crippen LogP contribution in [0.25, 0.3) is 0 Å². The lowest BCUT2D eigenvalue weighted by Gasteiger charge is -2.17. The molecule has 0 bridgehead atoms. The highest BCUT2D eigenvalue weighted by Crippen LogP contribution is 2.24. The summed E-state index contributed by atoms with van der Waals surface area (Å²) in [5, 5.41) is 0.0971. The van der Waals surface area contributed by atoms with E-state index < -0.39 is 5.82 Å². The normalized spacial score (nSPS) is 20.1. The van der Waals surface area contributed by atoms with Crippen LogP contribution in [0.4, 0.5) is 4.39 Å². The number of amides is 1. The molecule has 1 atom stereocenters. The number of benzene rings is 1. The summed E-state index contributed by atoms with van der Waals surface area (Å²) >= 11 is 9.89. The van der Waals surface area contributed by atoms with Gasteiger partial charge in [-0.05, 0) is 17.7 Å². The molecular weight excluding hydrogens is 261 g/mol. The minimum absolute atomic E-state index is 0.0587. The number of carbonyl (C=O) groups is 1. The quantitative estimate of drug-likeness (QED) is 0.840. The van der Waals surface area contributed by atoms with Gasteiger partial charge in [0, 0.05) is 25.1 Å². The van der Waals surface area contributed by atoms with Crippen LogP contribution in [0.2, 0.25) is 5.02 Å². The van der Waals surface area contributed by atoms with Crippen LogP contribution in [0.5, 0.6) is 0 Å². The van der Waals surface area contributed by atoms with E-state index >= 15 is 0 Å². The van der Waals surface area contributed by atoms with Crippen molar-refractivity contribution in [2.45, 2.75) is 13.0 Å². The van der Waals surface area contributed by atoms with Gasteiger partial charge in [0.25, 0.3) is 0 Å². The van der Waals surface area contributed by atoms with E-state index in [1.807, 2.05) is 0 Å². The molecule has 92 valence electrons. The van der Waals surface area contributed by atoms with Crippen molar-refractivity contribution in [3.05, 3.63) is 34.6 Å². The Hall–Kier alpha value is -0.740. The topological polar surface area (TPSA) is 20.3 Å². The Balaban J connectivity index is 2.11. The minimum atomic E-state index is -0.434. The number of halogens is 2. The number of hydrogen-bond acceptors (Lipinski definition) is 2. The summed E-state index contributed by atoms with van der Waals surface area (Å²) in [6, 6.07) is 4.85. The first kappa shape index (κ1) is 12.7. The highest BCUT2D eigenvalue weighted by atomic mass is 35.5. The molecule has 1 unspecified atom stereocenters. The molecule has 2 nitrogen and oxygen atoms in total. The summed E-state index contributed by atoms with van der Waals surface area (Å²) in [7, 11) is 0. The van der Waals surface area contributed by atoms with Crippen LogP contribution in [0.1, 0.15) is 12.0 Å². The molecule has 17 heavy (non-hydrogen) atoms. The molecule has 1 aromatic carbocycles. The molecule has 1 aromatic rings. The Morgan fingerprint density at radius 1 is 1.53 bits per heavy atom. The van der Waals surface area contributed by atoms with E-state index in [1.54, 1.807) is 17.0 Å². The van der Waals surface area contributed by atoms with Gasteiger partial charge in [-0.2, -0.15) is 12.6 Å². The number of thiol groups is 1. The fraction of sp³-hybridized carbons (Fsp3) is 0.417. The third kappa shape index (κ3) is 2.75. The number of hydrogen-bond donors (Lipinski definition) is 1. The van der Waals surface area contributed by atoms with Crippen molar-refractivity contribution >= 4 is 30.1 Å². The van der Waals surface area contributed by atoms with Crippen molar-refractivity contribution in [3.8, 4) is 0 Å². The lowest BCUT2D eigenvalue weighted by Crippen LogP contribution is -2.25. The fourth-order valence-corrected chi connectivity index (χ4v) is 2.44. The van der Waals surface area contributed by atoms with Crippen molar-refractivity contribution < 1.29 is 9.18 Å². The van der Waals surface area contributed by atoms with Crippen molar-refractivity contribution in [2.75, 3.05) is 12.3 Å². The van der Waals surface area contributed by atoms with Gasteiger partial charge < -0.3 is 4.90 Å². The van der Waals surface area contributed by atoms with E-state index in [4.69, 9.17) is 11.6 Å². The number of carbonyl (C=O) groups excluding carboxylic acids is 1. The van der Waals surface area contributed by atoms with Crippen LogP contribution >= 0.6 is 24.2 Å². The van der Waals surface area contributed by atoms with Crippen LogP contribution in [-0.2, 0) is 11.3 Å². The third-order valence-corrected chi connectivity index (χ3v) is 3.75. The van der Waals surface area contributed by atoms with Gasteiger partial charge in [-0.15, -0.1) is 0 Å². The Morgan fingerprint density at radius 3 is 2.94 bits per heavy atom. The Morgan fingerprint density at radius 2 is 2.29 bits per heavy atom. The van der Waals surface area contributed by atoms with Gasteiger partial charge in [0.1, 0.15) is 5.82 Å². The van der Waals surface area contributed by atoms with E-state index in [0.717, 1.165) is 0 Å². The van der Waals surface area contributed by atoms with Gasteiger partial charge >= 0.3 is 0 Å². The third-order valence-electron chi connectivity index (χ3n) is 2.95. The summed E-state index contributed by atoms with van der Waals surface area (Å²) in [6.45, 7) is 0.934. The van der Waals surface area contributed by atoms with Gasteiger partial charge in [-0.1, -0.05) is 23.7 Å². The Bertz CT molecular complexity index is 441. The molecule has 0 radical (unpaired) electrons. The second-order valence-electron chi connectivity index (χ2n) is 4.24. The van der Waals surface area contributed by atoms with Crippen molar-refractivity contribution in [1.29, 1.82) is 0 Å². The molecule has 1 amide bonds. The maximum atomic E-state index is 13.7. The number of rotatable bonds is 3. The SMILES string of the molecule is O=C1CC(CS)CN1Cc1cccc(Cl)c1F. The molecule has 1 fully saturated rings. The van der Waals surface area contributed by atoms with Gasteiger partial charge in [-0.25, -0.2) is 4.39 Å². The maximum absolute atomic E-state index is 13.7. The van der Waals surface area contributed by atoms with Crippen LogP contribution in [-0.4, -0.2) is 23.1 Å². The van der Waals surface area contributed by atoms with Crippen molar-refractivity contribution in [1.82, 2.24) is 4.90 Å². The van der Waals surface area contributed by atoms with Gasteiger partial charge in [0.05, 0.1) is 5.02 Å². The van der Waals surface area contributed by atoms with E-state index in [-0.39, 0.29) is 23.4 Å². The molecule has 0 saturated carbocycles. The van der Waals surface area contributed by atoms with Crippen molar-refractivity contribution in [2.24, 2.45) is 5.92 Å². The first-order chi connectivity index (χ1) is 8.11. The summed E-state index contributed by atoms with van der Waals surface area (Å²) in [6.07, 6.45) is 0.506. The summed E-state index contributed by atoms with van der Waals surface area (Å²) < 4.78 is 13.7. The van der Waals surface area contributed by atoms with E-state index in [0.29, 0.717) is 24.3 Å². The molecule has 5 heteroatoms. The first-order valence-electron chi connectivity index (χ1n) is 5.43. The highest BCUT2D eigenvalue weighted by Gasteiger charge is 2.29. The first-order valence-corrected chi connectivity index (χ1v) is 6.44. The molecule has 0 spiro atoms. The minimum Gasteiger partial charge on any atom is -0.338 e. The number of likely N-dealkylation sites (tertiary alicyclic amines) is 1. The van der Waals surface area contributed by atoms with E-state index in [1.165, 1.54) is 6.07 Å². The van der Waals surface area contributed by atoms with Crippen LogP contribution in [0.3, 0.4) is 0 Å². The molecule has 0 aliphatic carbocycles. The van der Waals surface area contributed by atoms with E-state index in [9.17, 15) is 9.18 Å². The fourth-order valence-electron chi connectivity index (χ4n) is 2.01. The molecule has 1 aliphatic rings. The Labute approximate surface area is 110 Å². The Kier molecular flexibility index (Phi) is 3.94. The predicted molar refractivity (Wildman–Crippen MR) is 68.8 cm³/mol. The summed E-state index contributed by atoms with van der Waals surface area (Å²) in [5.41, 5.74) is 0.464. The van der Waals surface area contributed by atoms with Crippen LogP contribution in [0.15, 0.2) is 18.2 Å². The monoisotopic (exact) mass is 273 g/mol. The zero-order valence-electron chi connectivity index (χ0n) is 9.20. The largest absolute Gasteiger partial charge is 0.338 e. The van der Waals surface area contributed by atoms with Gasteiger partial charge in [0.2, 0.25) is 5.91 Å². The molecule has 1 saturated heterocycles. The molecule has 0 aromatic heterocycles. The summed E-state index contributed by atoms with van der Waals surface area (Å²) in [4.78, 5) is 13.3. The maximum Gasteiger partial charge on any atom is 0.223 e. The molecule has 1 aliphatic heterocycles. The standard InChI is InChI=1S/C12H13ClFNOS/c13-10-3-1-2-9(12(10)14)6-15-5-8(7-17)4-11(15)16/h1-3,8,17H,4-7H2. The lowest BCUT2D eigenvalue weighted by atomic mass is 10.1.